The topological polar surface area (TPSA) is 101 Å². The lowest BCUT2D eigenvalue weighted by molar-refractivity contribution is -0.179. The van der Waals surface area contributed by atoms with Crippen molar-refractivity contribution in [3.05, 3.63) is 84.0 Å². The van der Waals surface area contributed by atoms with Crippen LogP contribution in [0.3, 0.4) is 0 Å². The lowest BCUT2D eigenvalue weighted by Crippen LogP contribution is -2.67. The number of benzene rings is 2. The van der Waals surface area contributed by atoms with E-state index in [0.717, 1.165) is 66.8 Å². The van der Waals surface area contributed by atoms with Gasteiger partial charge in [-0.1, -0.05) is 101 Å². The summed E-state index contributed by atoms with van der Waals surface area (Å²) in [5.41, 5.74) is 1.38. The first kappa shape index (κ1) is 37.0. The average molecular weight is 734 g/mol. The molecule has 11 rings (SSSR count). The molecule has 9 aliphatic carbocycles. The standard InChI is InChI=1S/C48H63NO5/c1-43(2)33-15-14-32(38(43)24-33)27-49(28-35(52)29-50)30-47(54)21-18-41-45(47,4)20-17-40-44(3)19-16-34(51)25-46(44)22-23-48(40,41)39(26-46)42(53)37-13-9-8-12-36(37)31-10-6-5-7-11-31/h5-13,22-23,26,32-35,38,40-41,50-52,54H,14-21,24-25,27-30H2,1-4H3. The third kappa shape index (κ3) is 5.05. The largest absolute Gasteiger partial charge is 0.394 e. The molecule has 6 nitrogen and oxygen atoms in total. The van der Waals surface area contributed by atoms with Crippen molar-refractivity contribution >= 4 is 5.78 Å². The highest BCUT2D eigenvalue weighted by Crippen LogP contribution is 2.78. The molecule has 0 radical (unpaired) electrons. The van der Waals surface area contributed by atoms with E-state index in [9.17, 15) is 20.4 Å². The number of hydrogen-bond acceptors (Lipinski definition) is 6. The van der Waals surface area contributed by atoms with Crippen LogP contribution in [0.25, 0.3) is 11.1 Å². The number of ketones is 1. The highest BCUT2D eigenvalue weighted by molar-refractivity contribution is 6.14. The van der Waals surface area contributed by atoms with Crippen molar-refractivity contribution in [3.63, 3.8) is 0 Å². The van der Waals surface area contributed by atoms with Gasteiger partial charge in [0.25, 0.3) is 0 Å². The van der Waals surface area contributed by atoms with Crippen LogP contribution in [0.1, 0.15) is 102 Å². The lowest BCUT2D eigenvalue weighted by atomic mass is 9.32. The molecule has 0 amide bonds. The van der Waals surface area contributed by atoms with Gasteiger partial charge in [-0.25, -0.2) is 0 Å². The first-order chi connectivity index (χ1) is 25.7. The minimum Gasteiger partial charge on any atom is -0.394 e. The van der Waals surface area contributed by atoms with Crippen molar-refractivity contribution in [1.82, 2.24) is 4.90 Å². The minimum atomic E-state index is -1.02. The van der Waals surface area contributed by atoms with Crippen molar-refractivity contribution in [2.75, 3.05) is 26.2 Å². The Bertz CT molecular complexity index is 1850. The van der Waals surface area contributed by atoms with Gasteiger partial charge in [0, 0.05) is 47.0 Å². The molecule has 4 bridgehead atoms. The van der Waals surface area contributed by atoms with Crippen LogP contribution in [0.4, 0.5) is 0 Å². The molecule has 12 atom stereocenters. The number of nitrogens with zero attached hydrogens (tertiary/aromatic N) is 1. The van der Waals surface area contributed by atoms with E-state index in [0.29, 0.717) is 43.2 Å². The van der Waals surface area contributed by atoms with E-state index in [4.69, 9.17) is 0 Å². The Labute approximate surface area is 322 Å². The molecule has 0 heterocycles. The van der Waals surface area contributed by atoms with E-state index < -0.39 is 34.1 Å². The normalized spacial score (nSPS) is 43.1. The predicted octanol–water partition coefficient (Wildman–Crippen LogP) is 7.85. The van der Waals surface area contributed by atoms with Crippen LogP contribution in [0, 0.1) is 56.7 Å². The molecule has 6 fully saturated rings. The van der Waals surface area contributed by atoms with E-state index in [1.54, 1.807) is 0 Å². The van der Waals surface area contributed by atoms with Gasteiger partial charge in [-0.15, -0.1) is 0 Å². The molecule has 6 heteroatoms. The summed E-state index contributed by atoms with van der Waals surface area (Å²) in [6.07, 6.45) is 15.2. The number of Topliss-reactive ketones (excluding diaryl/α,β-unsaturated/α-hetero) is 1. The number of aliphatic hydroxyl groups is 4. The molecule has 6 saturated carbocycles. The number of aliphatic hydroxyl groups excluding tert-OH is 3. The maximum absolute atomic E-state index is 15.5. The van der Waals surface area contributed by atoms with Gasteiger partial charge in [-0.2, -0.15) is 0 Å². The number of rotatable bonds is 10. The van der Waals surface area contributed by atoms with Gasteiger partial charge in [0.2, 0.25) is 0 Å². The lowest BCUT2D eigenvalue weighted by Gasteiger charge is -2.71. The van der Waals surface area contributed by atoms with Gasteiger partial charge in [-0.3, -0.25) is 9.69 Å². The molecule has 0 saturated heterocycles. The number of fused-ring (bicyclic) bond motifs is 3. The van der Waals surface area contributed by atoms with Crippen LogP contribution < -0.4 is 0 Å². The van der Waals surface area contributed by atoms with Crippen molar-refractivity contribution in [3.8, 4) is 11.1 Å². The zero-order chi connectivity index (χ0) is 37.9. The SMILES string of the molecule is CC1(C)C2CCC(CN(CC(O)CO)CC3(O)CCC4C56C=CC7(C=C5C(=O)c5ccccc5-c5ccccc5)CC(O)CCC7(C)C6CCC43C)C1C2. The summed E-state index contributed by atoms with van der Waals surface area (Å²) in [5.74, 6) is 2.33. The zero-order valence-corrected chi connectivity index (χ0v) is 33.0. The van der Waals surface area contributed by atoms with Crippen molar-refractivity contribution in [2.24, 2.45) is 56.7 Å². The molecule has 290 valence electrons. The van der Waals surface area contributed by atoms with Gasteiger partial charge in [0.1, 0.15) is 0 Å². The summed E-state index contributed by atoms with van der Waals surface area (Å²) < 4.78 is 0. The second-order valence-corrected chi connectivity index (χ2v) is 20.3. The van der Waals surface area contributed by atoms with Crippen LogP contribution in [0.15, 0.2) is 78.4 Å². The quantitative estimate of drug-likeness (QED) is 0.147. The monoisotopic (exact) mass is 733 g/mol. The molecule has 12 unspecified atom stereocenters. The molecular formula is C48H63NO5. The fourth-order valence-electron chi connectivity index (χ4n) is 14.7. The summed E-state index contributed by atoms with van der Waals surface area (Å²) in [7, 11) is 0. The van der Waals surface area contributed by atoms with Gasteiger partial charge in [0.15, 0.2) is 5.78 Å². The Morgan fingerprint density at radius 2 is 1.57 bits per heavy atom. The molecule has 0 aliphatic heterocycles. The van der Waals surface area contributed by atoms with Crippen molar-refractivity contribution in [1.29, 1.82) is 0 Å². The van der Waals surface area contributed by atoms with E-state index in [2.05, 4.69) is 69.0 Å². The molecular weight excluding hydrogens is 671 g/mol. The molecule has 2 aromatic carbocycles. The number of allylic oxidation sites excluding steroid dienone is 4. The fourth-order valence-corrected chi connectivity index (χ4v) is 14.7. The van der Waals surface area contributed by atoms with Crippen molar-refractivity contribution in [2.45, 2.75) is 110 Å². The summed E-state index contributed by atoms with van der Waals surface area (Å²) in [6, 6.07) is 18.3. The van der Waals surface area contributed by atoms with E-state index in [1.165, 1.54) is 19.3 Å². The number of hydrogen-bond donors (Lipinski definition) is 4. The van der Waals surface area contributed by atoms with E-state index in [1.807, 2.05) is 36.4 Å². The zero-order valence-electron chi connectivity index (χ0n) is 33.0. The Morgan fingerprint density at radius 3 is 2.31 bits per heavy atom. The molecule has 4 N–H and O–H groups in total. The third-order valence-electron chi connectivity index (χ3n) is 17.9. The average Bonchev–Trinajstić information content (AvgIpc) is 3.44. The number of carbonyl (C=O) groups excluding carboxylic acids is 1. The molecule has 2 spiro atoms. The molecule has 2 aromatic rings. The Morgan fingerprint density at radius 1 is 0.870 bits per heavy atom. The fraction of sp³-hybridized carbons (Fsp3) is 0.646. The summed E-state index contributed by atoms with van der Waals surface area (Å²) in [6.45, 7) is 11.0. The molecule has 0 aromatic heterocycles. The molecule has 9 aliphatic rings. The smallest absolute Gasteiger partial charge is 0.190 e. The van der Waals surface area contributed by atoms with Crippen LogP contribution >= 0.6 is 0 Å². The predicted molar refractivity (Wildman–Crippen MR) is 212 cm³/mol. The highest BCUT2D eigenvalue weighted by Gasteiger charge is 2.74. The molecule has 54 heavy (non-hydrogen) atoms. The van der Waals surface area contributed by atoms with Crippen molar-refractivity contribution < 1.29 is 25.2 Å². The van der Waals surface area contributed by atoms with Crippen LogP contribution in [-0.2, 0) is 0 Å². The Balaban J connectivity index is 1.11. The Kier molecular flexibility index (Phi) is 8.70. The highest BCUT2D eigenvalue weighted by atomic mass is 16.3. The van der Waals surface area contributed by atoms with E-state index in [-0.39, 0.29) is 29.6 Å². The van der Waals surface area contributed by atoms with Gasteiger partial charge < -0.3 is 20.4 Å². The maximum Gasteiger partial charge on any atom is 0.190 e. The first-order valence-corrected chi connectivity index (χ1v) is 21.3. The maximum atomic E-state index is 15.5. The summed E-state index contributed by atoms with van der Waals surface area (Å²) >= 11 is 0. The van der Waals surface area contributed by atoms with Crippen LogP contribution in [0.5, 0.6) is 0 Å². The van der Waals surface area contributed by atoms with Gasteiger partial charge in [-0.05, 0) is 116 Å². The third-order valence-corrected chi connectivity index (χ3v) is 17.9. The van der Waals surface area contributed by atoms with Crippen LogP contribution in [-0.4, -0.2) is 75.2 Å². The van der Waals surface area contributed by atoms with Gasteiger partial charge in [0.05, 0.1) is 24.4 Å². The number of carbonyl (C=O) groups is 1. The summed E-state index contributed by atoms with van der Waals surface area (Å²) in [5, 5.41) is 45.3. The minimum absolute atomic E-state index is 0.0525. The van der Waals surface area contributed by atoms with E-state index >= 15 is 4.79 Å². The second kappa shape index (κ2) is 12.7. The first-order valence-electron chi connectivity index (χ1n) is 21.3. The second-order valence-electron chi connectivity index (χ2n) is 20.3. The summed E-state index contributed by atoms with van der Waals surface area (Å²) in [4.78, 5) is 17.8. The Hall–Kier alpha value is -2.61. The van der Waals surface area contributed by atoms with Crippen LogP contribution in [0.2, 0.25) is 0 Å². The van der Waals surface area contributed by atoms with Gasteiger partial charge >= 0.3 is 0 Å².